The number of carbonyl (C=O) groups excluding carboxylic acids is 2. The molecule has 0 saturated carbocycles. The maximum Gasteiger partial charge on any atom is 0.343 e. The molecule has 1 atom stereocenters. The van der Waals surface area contributed by atoms with Crippen molar-refractivity contribution in [3.05, 3.63) is 88.0 Å². The number of nitro groups is 1. The van der Waals surface area contributed by atoms with Crippen LogP contribution in [0.4, 0.5) is 5.69 Å². The third-order valence-corrected chi connectivity index (χ3v) is 4.83. The van der Waals surface area contributed by atoms with E-state index >= 15 is 0 Å². The molecule has 0 aliphatic rings. The van der Waals surface area contributed by atoms with Crippen LogP contribution in [0.3, 0.4) is 0 Å². The summed E-state index contributed by atoms with van der Waals surface area (Å²) in [6, 6.07) is 16.6. The summed E-state index contributed by atoms with van der Waals surface area (Å²) in [7, 11) is 2.98. The highest BCUT2D eigenvalue weighted by Crippen LogP contribution is 2.28. The second-order valence-electron chi connectivity index (χ2n) is 7.27. The number of nitro benzene ring substituents is 1. The van der Waals surface area contributed by atoms with E-state index in [1.807, 2.05) is 0 Å². The molecule has 11 heteroatoms. The van der Waals surface area contributed by atoms with Crippen molar-refractivity contribution >= 4 is 23.8 Å². The van der Waals surface area contributed by atoms with Gasteiger partial charge in [-0.25, -0.2) is 10.2 Å². The monoisotopic (exact) mass is 493 g/mol. The van der Waals surface area contributed by atoms with E-state index in [9.17, 15) is 19.7 Å². The van der Waals surface area contributed by atoms with E-state index in [1.165, 1.54) is 57.7 Å². The molecule has 0 fully saturated rings. The van der Waals surface area contributed by atoms with Crippen LogP contribution in [-0.4, -0.2) is 43.3 Å². The van der Waals surface area contributed by atoms with Gasteiger partial charge in [-0.2, -0.15) is 5.10 Å². The van der Waals surface area contributed by atoms with E-state index in [2.05, 4.69) is 10.5 Å². The zero-order valence-electron chi connectivity index (χ0n) is 19.7. The van der Waals surface area contributed by atoms with Crippen molar-refractivity contribution in [3.8, 4) is 23.0 Å². The molecule has 3 aromatic carbocycles. The number of benzene rings is 3. The standard InChI is InChI=1S/C25H23N3O8/c1-16(35-20-11-7-19(8-12-20)28(31)32)24(29)27-26-15-17-4-9-21(10-5-17)36-25(30)18-6-13-22(33-2)23(14-18)34-3/h4-16H,1-3H3,(H,27,29)/b26-15+. The molecule has 0 bridgehead atoms. The largest absolute Gasteiger partial charge is 0.493 e. The van der Waals surface area contributed by atoms with Crippen LogP contribution < -0.4 is 24.4 Å². The molecular weight excluding hydrogens is 470 g/mol. The third kappa shape index (κ3) is 6.79. The molecule has 0 spiro atoms. The van der Waals surface area contributed by atoms with Gasteiger partial charge in [-0.3, -0.25) is 14.9 Å². The lowest BCUT2D eigenvalue weighted by molar-refractivity contribution is -0.384. The number of hydrogen-bond donors (Lipinski definition) is 1. The van der Waals surface area contributed by atoms with Crippen LogP contribution in [0, 0.1) is 10.1 Å². The number of amides is 1. The highest BCUT2D eigenvalue weighted by atomic mass is 16.6. The van der Waals surface area contributed by atoms with E-state index in [4.69, 9.17) is 18.9 Å². The van der Waals surface area contributed by atoms with E-state index in [1.54, 1.807) is 36.4 Å². The molecule has 1 N–H and O–H groups in total. The summed E-state index contributed by atoms with van der Waals surface area (Å²) in [5.41, 5.74) is 3.22. The van der Waals surface area contributed by atoms with Gasteiger partial charge in [0.1, 0.15) is 11.5 Å². The first-order chi connectivity index (χ1) is 17.3. The van der Waals surface area contributed by atoms with Crippen molar-refractivity contribution in [2.45, 2.75) is 13.0 Å². The van der Waals surface area contributed by atoms with Crippen LogP contribution in [0.5, 0.6) is 23.0 Å². The fourth-order valence-electron chi connectivity index (χ4n) is 2.92. The van der Waals surface area contributed by atoms with Gasteiger partial charge >= 0.3 is 5.97 Å². The third-order valence-electron chi connectivity index (χ3n) is 4.83. The van der Waals surface area contributed by atoms with Gasteiger partial charge in [0.15, 0.2) is 17.6 Å². The van der Waals surface area contributed by atoms with Crippen molar-refractivity contribution in [3.63, 3.8) is 0 Å². The Bertz CT molecular complexity index is 1260. The molecule has 0 aromatic heterocycles. The first-order valence-corrected chi connectivity index (χ1v) is 10.6. The molecule has 186 valence electrons. The molecule has 1 amide bonds. The van der Waals surface area contributed by atoms with Crippen LogP contribution in [-0.2, 0) is 4.79 Å². The summed E-state index contributed by atoms with van der Waals surface area (Å²) in [6.07, 6.45) is 0.526. The lowest BCUT2D eigenvalue weighted by atomic mass is 10.2. The Morgan fingerprint density at radius 3 is 2.19 bits per heavy atom. The summed E-state index contributed by atoms with van der Waals surface area (Å²) in [5, 5.41) is 14.6. The quantitative estimate of drug-likeness (QED) is 0.148. The topological polar surface area (TPSA) is 139 Å². The summed E-state index contributed by atoms with van der Waals surface area (Å²) < 4.78 is 21.2. The lowest BCUT2D eigenvalue weighted by Gasteiger charge is -2.12. The Labute approximate surface area is 206 Å². The van der Waals surface area contributed by atoms with Gasteiger partial charge in [-0.15, -0.1) is 0 Å². The number of hydrogen-bond acceptors (Lipinski definition) is 9. The van der Waals surface area contributed by atoms with Gasteiger partial charge in [0.2, 0.25) is 0 Å². The highest BCUT2D eigenvalue weighted by molar-refractivity contribution is 5.92. The van der Waals surface area contributed by atoms with Crippen molar-refractivity contribution in [1.82, 2.24) is 5.43 Å². The molecule has 0 saturated heterocycles. The van der Waals surface area contributed by atoms with E-state index in [0.29, 0.717) is 34.1 Å². The number of methoxy groups -OCH3 is 2. The zero-order chi connectivity index (χ0) is 26.1. The van der Waals surface area contributed by atoms with Crippen molar-refractivity contribution < 1.29 is 33.5 Å². The Morgan fingerprint density at radius 2 is 1.58 bits per heavy atom. The Hall–Kier alpha value is -4.93. The van der Waals surface area contributed by atoms with Gasteiger partial charge in [0, 0.05) is 12.1 Å². The molecule has 11 nitrogen and oxygen atoms in total. The highest BCUT2D eigenvalue weighted by Gasteiger charge is 2.15. The SMILES string of the molecule is COc1ccc(C(=O)Oc2ccc(/C=N/NC(=O)C(C)Oc3ccc([N+](=O)[O-])cc3)cc2)cc1OC. The van der Waals surface area contributed by atoms with Crippen molar-refractivity contribution in [1.29, 1.82) is 0 Å². The van der Waals surface area contributed by atoms with Crippen molar-refractivity contribution in [2.75, 3.05) is 14.2 Å². The van der Waals surface area contributed by atoms with Gasteiger partial charge in [0.05, 0.1) is 30.9 Å². The maximum atomic E-state index is 12.4. The Morgan fingerprint density at radius 1 is 0.944 bits per heavy atom. The zero-order valence-corrected chi connectivity index (χ0v) is 19.7. The number of esters is 1. The number of hydrazone groups is 1. The van der Waals surface area contributed by atoms with Crippen molar-refractivity contribution in [2.24, 2.45) is 5.10 Å². The fraction of sp³-hybridized carbons (Fsp3) is 0.160. The number of carbonyl (C=O) groups is 2. The molecule has 3 aromatic rings. The number of nitrogens with zero attached hydrogens (tertiary/aromatic N) is 2. The summed E-state index contributed by atoms with van der Waals surface area (Å²) in [6.45, 7) is 1.52. The number of ether oxygens (including phenoxy) is 4. The Balaban J connectivity index is 1.51. The minimum absolute atomic E-state index is 0.0780. The van der Waals surface area contributed by atoms with E-state index in [-0.39, 0.29) is 5.69 Å². The number of nitrogens with one attached hydrogen (secondary N) is 1. The average molecular weight is 493 g/mol. The molecular formula is C25H23N3O8. The molecule has 0 aliphatic heterocycles. The van der Waals surface area contributed by atoms with Crippen LogP contribution in [0.1, 0.15) is 22.8 Å². The maximum absolute atomic E-state index is 12.4. The molecule has 0 radical (unpaired) electrons. The van der Waals surface area contributed by atoms with Crippen LogP contribution in [0.2, 0.25) is 0 Å². The van der Waals surface area contributed by atoms with Crippen LogP contribution in [0.15, 0.2) is 71.8 Å². The minimum Gasteiger partial charge on any atom is -0.493 e. The fourth-order valence-corrected chi connectivity index (χ4v) is 2.92. The minimum atomic E-state index is -0.887. The van der Waals surface area contributed by atoms with E-state index < -0.39 is 22.9 Å². The first-order valence-electron chi connectivity index (χ1n) is 10.6. The van der Waals surface area contributed by atoms with Gasteiger partial charge in [0.25, 0.3) is 11.6 Å². The number of rotatable bonds is 10. The van der Waals surface area contributed by atoms with Crippen LogP contribution in [0.25, 0.3) is 0 Å². The predicted octanol–water partition coefficient (Wildman–Crippen LogP) is 3.75. The molecule has 36 heavy (non-hydrogen) atoms. The van der Waals surface area contributed by atoms with Gasteiger partial charge < -0.3 is 18.9 Å². The molecule has 1 unspecified atom stereocenters. The molecule has 0 aliphatic carbocycles. The van der Waals surface area contributed by atoms with E-state index in [0.717, 1.165) is 0 Å². The Kier molecular flexibility index (Phi) is 8.54. The first kappa shape index (κ1) is 25.7. The summed E-state index contributed by atoms with van der Waals surface area (Å²) in [5.74, 6) is 0.466. The van der Waals surface area contributed by atoms with Crippen LogP contribution >= 0.6 is 0 Å². The molecule has 3 rings (SSSR count). The lowest BCUT2D eigenvalue weighted by Crippen LogP contribution is -2.33. The normalized spacial score (nSPS) is 11.4. The summed E-state index contributed by atoms with van der Waals surface area (Å²) in [4.78, 5) is 34.8. The summed E-state index contributed by atoms with van der Waals surface area (Å²) >= 11 is 0. The van der Waals surface area contributed by atoms with Gasteiger partial charge in [-0.05, 0) is 67.1 Å². The smallest absolute Gasteiger partial charge is 0.343 e. The molecule has 0 heterocycles. The van der Waals surface area contributed by atoms with Gasteiger partial charge in [-0.1, -0.05) is 0 Å². The average Bonchev–Trinajstić information content (AvgIpc) is 2.89. The second kappa shape index (κ2) is 12.0. The number of non-ortho nitro benzene ring substituents is 1. The second-order valence-corrected chi connectivity index (χ2v) is 7.27. The predicted molar refractivity (Wildman–Crippen MR) is 130 cm³/mol.